The fourth-order valence-corrected chi connectivity index (χ4v) is 3.67. The quantitative estimate of drug-likeness (QED) is 0.799. The molecule has 0 N–H and O–H groups in total. The van der Waals surface area contributed by atoms with Gasteiger partial charge < -0.3 is 9.64 Å². The fourth-order valence-electron chi connectivity index (χ4n) is 3.67. The van der Waals surface area contributed by atoms with Crippen molar-refractivity contribution in [3.05, 3.63) is 24.3 Å². The molecule has 2 aliphatic rings. The molecular formula is C17H20F3NO2. The van der Waals surface area contributed by atoms with Gasteiger partial charge in [-0.25, -0.2) is 0 Å². The second-order valence-electron chi connectivity index (χ2n) is 6.71. The van der Waals surface area contributed by atoms with Gasteiger partial charge in [0.2, 0.25) is 5.91 Å². The number of carbonyl (C=O) groups excluding carboxylic acids is 1. The van der Waals surface area contributed by atoms with E-state index in [4.69, 9.17) is 0 Å². The van der Waals surface area contributed by atoms with E-state index in [0.717, 1.165) is 32.1 Å². The van der Waals surface area contributed by atoms with E-state index in [9.17, 15) is 18.0 Å². The number of halogens is 3. The molecule has 0 radical (unpaired) electrons. The first kappa shape index (κ1) is 16.1. The Bertz CT molecular complexity index is 574. The van der Waals surface area contributed by atoms with Crippen molar-refractivity contribution in [3.63, 3.8) is 0 Å². The number of ether oxygens (including phenoxy) is 1. The van der Waals surface area contributed by atoms with Crippen molar-refractivity contribution < 1.29 is 22.7 Å². The molecule has 23 heavy (non-hydrogen) atoms. The Hall–Kier alpha value is -1.72. The van der Waals surface area contributed by atoms with Gasteiger partial charge in [0.15, 0.2) is 0 Å². The molecular weight excluding hydrogens is 307 g/mol. The van der Waals surface area contributed by atoms with Crippen LogP contribution in [0.15, 0.2) is 24.3 Å². The minimum absolute atomic E-state index is 0.119. The number of anilines is 1. The molecule has 6 heteroatoms. The van der Waals surface area contributed by atoms with Gasteiger partial charge in [-0.1, -0.05) is 6.92 Å². The molecule has 1 aromatic carbocycles. The minimum atomic E-state index is -4.70. The monoisotopic (exact) mass is 327 g/mol. The predicted octanol–water partition coefficient (Wildman–Crippen LogP) is 4.52. The lowest BCUT2D eigenvalue weighted by Gasteiger charge is -2.34. The Morgan fingerprint density at radius 3 is 2.30 bits per heavy atom. The molecule has 1 aromatic rings. The van der Waals surface area contributed by atoms with Gasteiger partial charge in [-0.05, 0) is 62.3 Å². The van der Waals surface area contributed by atoms with Gasteiger partial charge in [0.25, 0.3) is 0 Å². The van der Waals surface area contributed by atoms with Crippen molar-refractivity contribution in [2.75, 3.05) is 11.4 Å². The van der Waals surface area contributed by atoms with Crippen LogP contribution in [0.3, 0.4) is 0 Å². The van der Waals surface area contributed by atoms with E-state index < -0.39 is 6.36 Å². The molecule has 1 aliphatic heterocycles. The van der Waals surface area contributed by atoms with Crippen LogP contribution in [0.4, 0.5) is 18.9 Å². The summed E-state index contributed by atoms with van der Waals surface area (Å²) >= 11 is 0. The second-order valence-corrected chi connectivity index (χ2v) is 6.71. The Morgan fingerprint density at radius 1 is 1.13 bits per heavy atom. The van der Waals surface area contributed by atoms with Gasteiger partial charge in [0.05, 0.1) is 5.41 Å². The van der Waals surface area contributed by atoms with E-state index in [-0.39, 0.29) is 17.1 Å². The Kier molecular flexibility index (Phi) is 4.02. The summed E-state index contributed by atoms with van der Waals surface area (Å²) in [5, 5.41) is 0. The normalized spacial score (nSPS) is 28.4. The van der Waals surface area contributed by atoms with Gasteiger partial charge in [0, 0.05) is 12.2 Å². The molecule has 1 aliphatic carbocycles. The zero-order valence-corrected chi connectivity index (χ0v) is 13.0. The van der Waals surface area contributed by atoms with E-state index in [0.29, 0.717) is 18.2 Å². The zero-order valence-electron chi connectivity index (χ0n) is 13.0. The van der Waals surface area contributed by atoms with Crippen LogP contribution in [0.25, 0.3) is 0 Å². The molecule has 0 bridgehead atoms. The predicted molar refractivity (Wildman–Crippen MR) is 80.2 cm³/mol. The maximum absolute atomic E-state index is 12.8. The highest BCUT2D eigenvalue weighted by Crippen LogP contribution is 2.47. The molecule has 3 rings (SSSR count). The molecule has 3 nitrogen and oxygen atoms in total. The van der Waals surface area contributed by atoms with E-state index in [1.54, 1.807) is 4.90 Å². The fraction of sp³-hybridized carbons (Fsp3) is 0.588. The van der Waals surface area contributed by atoms with E-state index in [1.165, 1.54) is 24.3 Å². The van der Waals surface area contributed by atoms with Crippen LogP contribution in [-0.4, -0.2) is 18.8 Å². The highest BCUT2D eigenvalue weighted by molar-refractivity contribution is 6.00. The van der Waals surface area contributed by atoms with Crippen LogP contribution in [0.2, 0.25) is 0 Å². The van der Waals surface area contributed by atoms with Crippen LogP contribution in [0.5, 0.6) is 5.75 Å². The molecule has 2 fully saturated rings. The highest BCUT2D eigenvalue weighted by atomic mass is 19.4. The standard InChI is InChI=1S/C17H20F3NO2/c1-12-6-8-16(9-7-12)10-11-21(15(16)22)13-2-4-14(5-3-13)23-17(18,19)20/h2-5,12H,6-11H2,1H3. The summed E-state index contributed by atoms with van der Waals surface area (Å²) in [5.41, 5.74) is 0.383. The van der Waals surface area contributed by atoms with E-state index >= 15 is 0 Å². The molecule has 0 aromatic heterocycles. The number of benzene rings is 1. The maximum Gasteiger partial charge on any atom is 0.573 e. The summed E-state index contributed by atoms with van der Waals surface area (Å²) in [6, 6.07) is 5.54. The van der Waals surface area contributed by atoms with Gasteiger partial charge in [-0.2, -0.15) is 0 Å². The maximum atomic E-state index is 12.8. The van der Waals surface area contributed by atoms with Gasteiger partial charge in [-0.15, -0.1) is 13.2 Å². The first-order valence-corrected chi connectivity index (χ1v) is 7.97. The van der Waals surface area contributed by atoms with Crippen molar-refractivity contribution in [1.29, 1.82) is 0 Å². The van der Waals surface area contributed by atoms with Gasteiger partial charge >= 0.3 is 6.36 Å². The number of rotatable bonds is 2. The molecule has 126 valence electrons. The molecule has 1 heterocycles. The van der Waals surface area contributed by atoms with Crippen LogP contribution >= 0.6 is 0 Å². The Balaban J connectivity index is 1.72. The third-order valence-electron chi connectivity index (χ3n) is 5.13. The summed E-state index contributed by atoms with van der Waals surface area (Å²) < 4.78 is 40.4. The number of hydrogen-bond acceptors (Lipinski definition) is 2. The average Bonchev–Trinajstić information content (AvgIpc) is 2.79. The van der Waals surface area contributed by atoms with E-state index in [2.05, 4.69) is 11.7 Å². The molecule has 1 saturated carbocycles. The van der Waals surface area contributed by atoms with Crippen molar-refractivity contribution >= 4 is 11.6 Å². The molecule has 1 saturated heterocycles. The number of nitrogens with zero attached hydrogens (tertiary/aromatic N) is 1. The van der Waals surface area contributed by atoms with Crippen molar-refractivity contribution in [2.45, 2.75) is 45.4 Å². The SMILES string of the molecule is CC1CCC2(CC1)CCN(c1ccc(OC(F)(F)F)cc1)C2=O. The largest absolute Gasteiger partial charge is 0.573 e. The van der Waals surface area contributed by atoms with Gasteiger partial charge in [-0.3, -0.25) is 4.79 Å². The summed E-state index contributed by atoms with van der Waals surface area (Å²) in [7, 11) is 0. The van der Waals surface area contributed by atoms with Crippen LogP contribution in [0, 0.1) is 11.3 Å². The lowest BCUT2D eigenvalue weighted by Crippen LogP contribution is -2.37. The smallest absolute Gasteiger partial charge is 0.406 e. The summed E-state index contributed by atoms with van der Waals surface area (Å²) in [6.45, 7) is 2.84. The van der Waals surface area contributed by atoms with E-state index in [1.807, 2.05) is 0 Å². The topological polar surface area (TPSA) is 29.5 Å². The van der Waals surface area contributed by atoms with Crippen LogP contribution < -0.4 is 9.64 Å². The number of amides is 1. The highest BCUT2D eigenvalue weighted by Gasteiger charge is 2.48. The molecule has 0 atom stereocenters. The number of alkyl halides is 3. The third-order valence-corrected chi connectivity index (χ3v) is 5.13. The lowest BCUT2D eigenvalue weighted by molar-refractivity contribution is -0.274. The summed E-state index contributed by atoms with van der Waals surface area (Å²) in [6.07, 6.45) is 0.0978. The first-order valence-electron chi connectivity index (χ1n) is 7.97. The molecule has 1 spiro atoms. The van der Waals surface area contributed by atoms with Crippen molar-refractivity contribution in [3.8, 4) is 5.75 Å². The number of hydrogen-bond donors (Lipinski definition) is 0. The minimum Gasteiger partial charge on any atom is -0.406 e. The molecule has 1 amide bonds. The second kappa shape index (κ2) is 5.73. The molecule has 0 unspecified atom stereocenters. The Labute approximate surface area is 133 Å². The van der Waals surface area contributed by atoms with Crippen molar-refractivity contribution in [2.24, 2.45) is 11.3 Å². The zero-order chi connectivity index (χ0) is 16.7. The lowest BCUT2D eigenvalue weighted by atomic mass is 9.70. The van der Waals surface area contributed by atoms with Crippen LogP contribution in [-0.2, 0) is 4.79 Å². The Morgan fingerprint density at radius 2 is 1.74 bits per heavy atom. The summed E-state index contributed by atoms with van der Waals surface area (Å²) in [4.78, 5) is 14.5. The van der Waals surface area contributed by atoms with Crippen LogP contribution in [0.1, 0.15) is 39.0 Å². The van der Waals surface area contributed by atoms with Crippen molar-refractivity contribution in [1.82, 2.24) is 0 Å². The summed E-state index contributed by atoms with van der Waals surface area (Å²) in [5.74, 6) is 0.518. The average molecular weight is 327 g/mol. The van der Waals surface area contributed by atoms with Gasteiger partial charge in [0.1, 0.15) is 5.75 Å². The third kappa shape index (κ3) is 3.31. The number of carbonyl (C=O) groups is 1. The first-order chi connectivity index (χ1) is 10.8.